The van der Waals surface area contributed by atoms with Crippen molar-refractivity contribution in [3.63, 3.8) is 0 Å². The van der Waals surface area contributed by atoms with Gasteiger partial charge in [-0.15, -0.1) is 0 Å². The minimum atomic E-state index is 0.543. The minimum absolute atomic E-state index is 0.543. The van der Waals surface area contributed by atoms with Crippen LogP contribution in [0.15, 0.2) is 18.2 Å². The van der Waals surface area contributed by atoms with Crippen molar-refractivity contribution in [1.29, 1.82) is 0 Å². The molecule has 1 unspecified atom stereocenters. The van der Waals surface area contributed by atoms with Crippen LogP contribution in [0.2, 0.25) is 0 Å². The lowest BCUT2D eigenvalue weighted by Crippen LogP contribution is -2.46. The Labute approximate surface area is 143 Å². The Morgan fingerprint density at radius 1 is 1.09 bits per heavy atom. The van der Waals surface area contributed by atoms with Gasteiger partial charge in [0.25, 0.3) is 0 Å². The highest BCUT2D eigenvalue weighted by Crippen LogP contribution is 2.32. The second-order valence-corrected chi connectivity index (χ2v) is 6.06. The van der Waals surface area contributed by atoms with E-state index in [0.717, 1.165) is 25.3 Å². The van der Waals surface area contributed by atoms with E-state index < -0.39 is 0 Å². The summed E-state index contributed by atoms with van der Waals surface area (Å²) in [6, 6.07) is 6.68. The Kier molecular flexibility index (Phi) is 9.08. The predicted octanol–water partition coefficient (Wildman–Crippen LogP) is 4.77. The van der Waals surface area contributed by atoms with E-state index in [9.17, 15) is 0 Å². The van der Waals surface area contributed by atoms with Gasteiger partial charge >= 0.3 is 0 Å². The summed E-state index contributed by atoms with van der Waals surface area (Å²) in [5.74, 6) is 1.57. The molecule has 0 aliphatic carbocycles. The first-order valence-corrected chi connectivity index (χ1v) is 9.34. The Bertz CT molecular complexity index is 439. The molecule has 1 fully saturated rings. The molecule has 0 N–H and O–H groups in total. The monoisotopic (exact) mass is 320 g/mol. The second-order valence-electron chi connectivity index (χ2n) is 6.06. The molecule has 1 atom stereocenters. The Morgan fingerprint density at radius 2 is 1.74 bits per heavy atom. The van der Waals surface area contributed by atoms with E-state index in [2.05, 4.69) is 48.8 Å². The SMILES string of the molecule is CC.CCCN1CCN(c2ccc(OC)c(C(C)CC)c2)CC1. The molecule has 0 amide bonds. The molecule has 1 aliphatic heterocycles. The lowest BCUT2D eigenvalue weighted by molar-refractivity contribution is 0.258. The quantitative estimate of drug-likeness (QED) is 0.751. The topological polar surface area (TPSA) is 15.7 Å². The highest BCUT2D eigenvalue weighted by atomic mass is 16.5. The summed E-state index contributed by atoms with van der Waals surface area (Å²) >= 11 is 0. The van der Waals surface area contributed by atoms with Crippen LogP contribution in [0.4, 0.5) is 5.69 Å². The number of piperazine rings is 1. The van der Waals surface area contributed by atoms with Crippen LogP contribution in [0.1, 0.15) is 58.9 Å². The summed E-state index contributed by atoms with van der Waals surface area (Å²) in [7, 11) is 1.77. The molecule has 132 valence electrons. The van der Waals surface area contributed by atoms with Gasteiger partial charge in [-0.1, -0.05) is 34.6 Å². The molecule has 1 heterocycles. The maximum Gasteiger partial charge on any atom is 0.122 e. The van der Waals surface area contributed by atoms with E-state index in [1.807, 2.05) is 13.8 Å². The molecule has 0 radical (unpaired) electrons. The molecule has 3 heteroatoms. The average molecular weight is 321 g/mol. The Balaban J connectivity index is 0.00000127. The summed E-state index contributed by atoms with van der Waals surface area (Å²) < 4.78 is 5.53. The van der Waals surface area contributed by atoms with E-state index in [4.69, 9.17) is 4.74 Å². The fourth-order valence-electron chi connectivity index (χ4n) is 3.07. The standard InChI is InChI=1S/C18H30N2O.C2H6/c1-5-9-19-10-12-20(13-11-19)16-7-8-18(21-4)17(14-16)15(3)6-2;1-2/h7-8,14-15H,5-6,9-13H2,1-4H3;1-2H3. The van der Waals surface area contributed by atoms with Gasteiger partial charge in [-0.25, -0.2) is 0 Å². The van der Waals surface area contributed by atoms with Crippen LogP contribution in [-0.2, 0) is 0 Å². The summed E-state index contributed by atoms with van der Waals surface area (Å²) in [6.45, 7) is 16.6. The first kappa shape index (κ1) is 19.8. The maximum absolute atomic E-state index is 5.53. The lowest BCUT2D eigenvalue weighted by Gasteiger charge is -2.36. The number of ether oxygens (including phenoxy) is 1. The molecule has 0 saturated carbocycles. The van der Waals surface area contributed by atoms with Crippen molar-refractivity contribution in [2.75, 3.05) is 44.7 Å². The number of anilines is 1. The molecule has 1 saturated heterocycles. The zero-order valence-corrected chi connectivity index (χ0v) is 16.1. The number of methoxy groups -OCH3 is 1. The van der Waals surface area contributed by atoms with E-state index in [1.165, 1.54) is 37.3 Å². The number of hydrogen-bond donors (Lipinski definition) is 0. The van der Waals surface area contributed by atoms with Gasteiger partial charge in [0.05, 0.1) is 7.11 Å². The summed E-state index contributed by atoms with van der Waals surface area (Å²) in [4.78, 5) is 5.08. The Hall–Kier alpha value is -1.22. The van der Waals surface area contributed by atoms with Crippen molar-refractivity contribution in [2.45, 2.75) is 53.4 Å². The van der Waals surface area contributed by atoms with E-state index >= 15 is 0 Å². The summed E-state index contributed by atoms with van der Waals surface area (Å²) in [5, 5.41) is 0. The van der Waals surface area contributed by atoms with Crippen molar-refractivity contribution < 1.29 is 4.74 Å². The first-order chi connectivity index (χ1) is 11.2. The number of nitrogens with zero attached hydrogens (tertiary/aromatic N) is 2. The molecule has 0 aromatic heterocycles. The van der Waals surface area contributed by atoms with Crippen LogP contribution in [0.3, 0.4) is 0 Å². The molecule has 1 aromatic rings. The van der Waals surface area contributed by atoms with Crippen molar-refractivity contribution in [1.82, 2.24) is 4.90 Å². The van der Waals surface area contributed by atoms with Gasteiger partial charge in [0.2, 0.25) is 0 Å². The molecule has 23 heavy (non-hydrogen) atoms. The average Bonchev–Trinajstić information content (AvgIpc) is 2.63. The third-order valence-corrected chi connectivity index (χ3v) is 4.63. The third-order valence-electron chi connectivity index (χ3n) is 4.63. The van der Waals surface area contributed by atoms with Gasteiger partial charge in [-0.05, 0) is 49.1 Å². The molecular formula is C20H36N2O. The van der Waals surface area contributed by atoms with Gasteiger partial charge in [-0.3, -0.25) is 4.90 Å². The van der Waals surface area contributed by atoms with Crippen molar-refractivity contribution in [2.24, 2.45) is 0 Å². The number of rotatable bonds is 6. The molecular weight excluding hydrogens is 284 g/mol. The highest BCUT2D eigenvalue weighted by molar-refractivity contribution is 5.54. The van der Waals surface area contributed by atoms with Gasteiger partial charge in [-0.2, -0.15) is 0 Å². The molecule has 0 spiro atoms. The van der Waals surface area contributed by atoms with Crippen LogP contribution < -0.4 is 9.64 Å². The normalized spacial score (nSPS) is 16.5. The van der Waals surface area contributed by atoms with Crippen molar-refractivity contribution in [3.05, 3.63) is 23.8 Å². The zero-order chi connectivity index (χ0) is 17.2. The van der Waals surface area contributed by atoms with Gasteiger partial charge in [0.1, 0.15) is 5.75 Å². The maximum atomic E-state index is 5.53. The summed E-state index contributed by atoms with van der Waals surface area (Å²) in [5.41, 5.74) is 2.69. The fraction of sp³-hybridized carbons (Fsp3) is 0.700. The third kappa shape index (κ3) is 5.42. The zero-order valence-electron chi connectivity index (χ0n) is 16.1. The molecule has 0 bridgehead atoms. The van der Waals surface area contributed by atoms with Crippen LogP contribution >= 0.6 is 0 Å². The fourth-order valence-corrected chi connectivity index (χ4v) is 3.07. The molecule has 2 rings (SSSR count). The largest absolute Gasteiger partial charge is 0.496 e. The number of benzene rings is 1. The first-order valence-electron chi connectivity index (χ1n) is 9.34. The predicted molar refractivity (Wildman–Crippen MR) is 102 cm³/mol. The lowest BCUT2D eigenvalue weighted by atomic mass is 9.96. The minimum Gasteiger partial charge on any atom is -0.496 e. The van der Waals surface area contributed by atoms with E-state index in [1.54, 1.807) is 7.11 Å². The van der Waals surface area contributed by atoms with Gasteiger partial charge in [0.15, 0.2) is 0 Å². The van der Waals surface area contributed by atoms with Crippen LogP contribution in [-0.4, -0.2) is 44.7 Å². The van der Waals surface area contributed by atoms with Crippen LogP contribution in [0.25, 0.3) is 0 Å². The summed E-state index contributed by atoms with van der Waals surface area (Å²) in [6.07, 6.45) is 2.39. The number of hydrogen-bond acceptors (Lipinski definition) is 3. The van der Waals surface area contributed by atoms with E-state index in [-0.39, 0.29) is 0 Å². The smallest absolute Gasteiger partial charge is 0.122 e. The van der Waals surface area contributed by atoms with E-state index in [0.29, 0.717) is 5.92 Å². The van der Waals surface area contributed by atoms with Gasteiger partial charge < -0.3 is 9.64 Å². The van der Waals surface area contributed by atoms with Crippen molar-refractivity contribution >= 4 is 5.69 Å². The highest BCUT2D eigenvalue weighted by Gasteiger charge is 2.18. The van der Waals surface area contributed by atoms with Crippen LogP contribution in [0.5, 0.6) is 5.75 Å². The van der Waals surface area contributed by atoms with Crippen LogP contribution in [0, 0.1) is 0 Å². The molecule has 3 nitrogen and oxygen atoms in total. The van der Waals surface area contributed by atoms with Gasteiger partial charge in [0, 0.05) is 31.9 Å². The second kappa shape index (κ2) is 10.5. The van der Waals surface area contributed by atoms with Crippen molar-refractivity contribution in [3.8, 4) is 5.75 Å². The molecule has 1 aromatic carbocycles. The Morgan fingerprint density at radius 3 is 2.26 bits per heavy atom. The molecule has 1 aliphatic rings.